The molecule has 0 unspecified atom stereocenters. The average Bonchev–Trinajstić information content (AvgIpc) is 2.87. The van der Waals surface area contributed by atoms with E-state index in [1.165, 1.54) is 7.11 Å². The summed E-state index contributed by atoms with van der Waals surface area (Å²) in [6, 6.07) is 0. The summed E-state index contributed by atoms with van der Waals surface area (Å²) in [4.78, 5) is 11.7. The first kappa shape index (κ1) is 15.7. The van der Waals surface area contributed by atoms with Crippen LogP contribution in [0.15, 0.2) is 0 Å². The van der Waals surface area contributed by atoms with Crippen LogP contribution in [0.5, 0.6) is 0 Å². The van der Waals surface area contributed by atoms with Gasteiger partial charge in [0, 0.05) is 0 Å². The average molecular weight is 290 g/mol. The zero-order valence-corrected chi connectivity index (χ0v) is 12.4. The highest BCUT2D eigenvalue weighted by Crippen LogP contribution is 2.34. The zero-order valence-electron chi connectivity index (χ0n) is 12.4. The second-order valence-corrected chi connectivity index (χ2v) is 5.90. The molecule has 7 heteroatoms. The largest absolute Gasteiger partial charge is 0.467 e. The molecule has 2 aliphatic rings. The molecular weight excluding hydrogens is 268 g/mol. The molecule has 0 aromatic rings. The number of aliphatic hydroxyl groups is 1. The lowest BCUT2D eigenvalue weighted by atomic mass is 10.0. The summed E-state index contributed by atoms with van der Waals surface area (Å²) >= 11 is 0. The summed E-state index contributed by atoms with van der Waals surface area (Å²) in [6.07, 6.45) is -3.49. The Kier molecular flexibility index (Phi) is 4.10. The number of esters is 1. The van der Waals surface area contributed by atoms with Crippen LogP contribution in [-0.4, -0.2) is 60.8 Å². The first-order valence-electron chi connectivity index (χ1n) is 6.58. The molecule has 0 radical (unpaired) electrons. The van der Waals surface area contributed by atoms with E-state index in [2.05, 4.69) is 4.74 Å². The molecule has 2 fully saturated rings. The van der Waals surface area contributed by atoms with E-state index in [1.807, 2.05) is 0 Å². The highest BCUT2D eigenvalue weighted by atomic mass is 16.8. The van der Waals surface area contributed by atoms with E-state index in [1.54, 1.807) is 27.7 Å². The normalized spacial score (nSPS) is 36.8. The molecule has 4 atom stereocenters. The molecule has 0 amide bonds. The molecule has 0 bridgehead atoms. The van der Waals surface area contributed by atoms with Crippen molar-refractivity contribution in [3.8, 4) is 0 Å². The van der Waals surface area contributed by atoms with Crippen molar-refractivity contribution in [1.82, 2.24) is 0 Å². The zero-order chi connectivity index (χ0) is 15.1. The lowest BCUT2D eigenvalue weighted by Gasteiger charge is -2.26. The third-order valence-corrected chi connectivity index (χ3v) is 3.31. The predicted molar refractivity (Wildman–Crippen MR) is 66.8 cm³/mol. The summed E-state index contributed by atoms with van der Waals surface area (Å²) in [5, 5.41) is 10.4. The molecule has 2 aliphatic heterocycles. The van der Waals surface area contributed by atoms with Gasteiger partial charge in [0.1, 0.15) is 18.3 Å². The maximum absolute atomic E-state index is 11.7. The fraction of sp³-hybridized carbons (Fsp3) is 0.923. The smallest absolute Gasteiger partial charge is 0.337 e. The van der Waals surface area contributed by atoms with Gasteiger partial charge < -0.3 is 28.8 Å². The van der Waals surface area contributed by atoms with Crippen LogP contribution in [0.3, 0.4) is 0 Å². The fourth-order valence-electron chi connectivity index (χ4n) is 2.43. The van der Waals surface area contributed by atoms with Crippen LogP contribution in [0, 0.1) is 0 Å². The summed E-state index contributed by atoms with van der Waals surface area (Å²) in [6.45, 7) is 7.08. The van der Waals surface area contributed by atoms with Gasteiger partial charge in [-0.1, -0.05) is 0 Å². The van der Waals surface area contributed by atoms with E-state index in [0.29, 0.717) is 0 Å². The van der Waals surface area contributed by atoms with Crippen LogP contribution in [0.2, 0.25) is 0 Å². The van der Waals surface area contributed by atoms with Crippen LogP contribution in [-0.2, 0) is 28.5 Å². The van der Waals surface area contributed by atoms with E-state index < -0.39 is 42.0 Å². The molecule has 1 N–H and O–H groups in total. The number of hydrogen-bond acceptors (Lipinski definition) is 7. The quantitative estimate of drug-likeness (QED) is 0.743. The van der Waals surface area contributed by atoms with Crippen molar-refractivity contribution in [2.75, 3.05) is 13.7 Å². The second kappa shape index (κ2) is 5.23. The Hall–Kier alpha value is -0.730. The minimum Gasteiger partial charge on any atom is -0.467 e. The van der Waals surface area contributed by atoms with Gasteiger partial charge in [0.25, 0.3) is 0 Å². The van der Waals surface area contributed by atoms with Crippen molar-refractivity contribution in [1.29, 1.82) is 0 Å². The highest BCUT2D eigenvalue weighted by Gasteiger charge is 2.52. The number of carbonyl (C=O) groups is 1. The maximum atomic E-state index is 11.7. The first-order valence-corrected chi connectivity index (χ1v) is 6.58. The number of rotatable bonds is 3. The third-order valence-electron chi connectivity index (χ3n) is 3.31. The standard InChI is InChI=1S/C13H22O7/c1-12(2)17-6-7(18-12)8(14)9-10(11(15)16-5)20-13(3,4)19-9/h7-10,14H,6H2,1-5H3/t7-,8-,9+,10-/m1/s1. The lowest BCUT2D eigenvalue weighted by Crippen LogP contribution is -2.47. The molecular formula is C13H22O7. The van der Waals surface area contributed by atoms with Crippen LogP contribution >= 0.6 is 0 Å². The van der Waals surface area contributed by atoms with Crippen molar-refractivity contribution < 1.29 is 33.6 Å². The van der Waals surface area contributed by atoms with Gasteiger partial charge in [0.2, 0.25) is 0 Å². The van der Waals surface area contributed by atoms with Gasteiger partial charge in [0.15, 0.2) is 17.7 Å². The molecule has 0 aliphatic carbocycles. The van der Waals surface area contributed by atoms with Gasteiger partial charge in [-0.05, 0) is 27.7 Å². The SMILES string of the molecule is COC(=O)[C@@H]1OC(C)(C)O[C@H]1[C@H](O)[C@H]1COC(C)(C)O1. The first-order chi connectivity index (χ1) is 9.15. The molecule has 0 spiro atoms. The van der Waals surface area contributed by atoms with Crippen LogP contribution in [0.25, 0.3) is 0 Å². The summed E-state index contributed by atoms with van der Waals surface area (Å²) in [7, 11) is 1.26. The number of hydrogen-bond donors (Lipinski definition) is 1. The van der Waals surface area contributed by atoms with E-state index in [9.17, 15) is 9.90 Å². The molecule has 7 nitrogen and oxygen atoms in total. The van der Waals surface area contributed by atoms with Crippen LogP contribution in [0.4, 0.5) is 0 Å². The molecule has 116 valence electrons. The molecule has 0 aromatic heterocycles. The highest BCUT2D eigenvalue weighted by molar-refractivity contribution is 5.75. The molecule has 20 heavy (non-hydrogen) atoms. The van der Waals surface area contributed by atoms with Crippen molar-refractivity contribution in [3.63, 3.8) is 0 Å². The topological polar surface area (TPSA) is 83.5 Å². The lowest BCUT2D eigenvalue weighted by molar-refractivity contribution is -0.179. The van der Waals surface area contributed by atoms with E-state index in [-0.39, 0.29) is 6.61 Å². The van der Waals surface area contributed by atoms with Gasteiger partial charge >= 0.3 is 5.97 Å². The Morgan fingerprint density at radius 2 is 1.85 bits per heavy atom. The number of ether oxygens (including phenoxy) is 5. The van der Waals surface area contributed by atoms with Crippen LogP contribution < -0.4 is 0 Å². The maximum Gasteiger partial charge on any atom is 0.337 e. The van der Waals surface area contributed by atoms with Crippen LogP contribution in [0.1, 0.15) is 27.7 Å². The van der Waals surface area contributed by atoms with Gasteiger partial charge in [-0.3, -0.25) is 0 Å². The van der Waals surface area contributed by atoms with Gasteiger partial charge in [-0.15, -0.1) is 0 Å². The van der Waals surface area contributed by atoms with Gasteiger partial charge in [-0.25, -0.2) is 4.79 Å². The Labute approximate surface area is 118 Å². The Balaban J connectivity index is 2.11. The number of aliphatic hydroxyl groups excluding tert-OH is 1. The molecule has 2 saturated heterocycles. The third kappa shape index (κ3) is 3.12. The van der Waals surface area contributed by atoms with E-state index in [0.717, 1.165) is 0 Å². The summed E-state index contributed by atoms with van der Waals surface area (Å²) in [5.74, 6) is -2.32. The number of carbonyl (C=O) groups excluding carboxylic acids is 1. The van der Waals surface area contributed by atoms with Crippen molar-refractivity contribution in [2.45, 2.75) is 63.7 Å². The van der Waals surface area contributed by atoms with Gasteiger partial charge in [-0.2, -0.15) is 0 Å². The molecule has 0 aromatic carbocycles. The van der Waals surface area contributed by atoms with Gasteiger partial charge in [0.05, 0.1) is 13.7 Å². The minimum atomic E-state index is -1.05. The van der Waals surface area contributed by atoms with E-state index in [4.69, 9.17) is 18.9 Å². The van der Waals surface area contributed by atoms with Crippen molar-refractivity contribution >= 4 is 5.97 Å². The summed E-state index contributed by atoms with van der Waals surface area (Å²) in [5.41, 5.74) is 0. The van der Waals surface area contributed by atoms with E-state index >= 15 is 0 Å². The van der Waals surface area contributed by atoms with Crippen molar-refractivity contribution in [2.24, 2.45) is 0 Å². The Bertz CT molecular complexity index is 379. The molecule has 2 heterocycles. The second-order valence-electron chi connectivity index (χ2n) is 5.90. The molecule has 2 rings (SSSR count). The minimum absolute atomic E-state index is 0.225. The number of methoxy groups -OCH3 is 1. The predicted octanol–water partition coefficient (Wildman–Crippen LogP) is 0.192. The monoisotopic (exact) mass is 290 g/mol. The summed E-state index contributed by atoms with van der Waals surface area (Å²) < 4.78 is 26.8. The molecule has 0 saturated carbocycles. The fourth-order valence-corrected chi connectivity index (χ4v) is 2.43. The van der Waals surface area contributed by atoms with Crippen molar-refractivity contribution in [3.05, 3.63) is 0 Å². The Morgan fingerprint density at radius 3 is 2.35 bits per heavy atom. The Morgan fingerprint density at radius 1 is 1.20 bits per heavy atom.